The van der Waals surface area contributed by atoms with E-state index in [0.717, 1.165) is 5.56 Å². The third-order valence-electron chi connectivity index (χ3n) is 12.1. The topological polar surface area (TPSA) is 246 Å². The Kier molecular flexibility index (Phi) is 17.9. The molecule has 4 aromatic rings. The number of hydrogen-bond acceptors (Lipinski definition) is 13. The number of Topliss-reactive ketones (excluding diaryl/α,β-unsaturated/α-hetero) is 3. The van der Waals surface area contributed by atoms with Gasteiger partial charge in [-0.2, -0.15) is 5.26 Å². The molecule has 0 saturated heterocycles. The van der Waals surface area contributed by atoms with Crippen LogP contribution in [0.1, 0.15) is 98.6 Å². The van der Waals surface area contributed by atoms with Crippen LogP contribution in [0.25, 0.3) is 22.4 Å². The summed E-state index contributed by atoms with van der Waals surface area (Å²) in [5.74, 6) is -3.12. The number of pyridine rings is 1. The van der Waals surface area contributed by atoms with Gasteiger partial charge in [-0.05, 0) is 78.7 Å². The Morgan fingerprint density at radius 2 is 1.57 bits per heavy atom. The number of likely N-dealkylation sites (N-methyl/N-ethyl adjacent to an activating group) is 1. The molecule has 1 aliphatic rings. The lowest BCUT2D eigenvalue weighted by Gasteiger charge is -2.32. The third-order valence-corrected chi connectivity index (χ3v) is 12.1. The minimum absolute atomic E-state index is 0.0280. The van der Waals surface area contributed by atoms with Gasteiger partial charge in [0.05, 0.1) is 23.5 Å². The van der Waals surface area contributed by atoms with Crippen molar-refractivity contribution in [1.82, 2.24) is 15.2 Å². The molecule has 4 bridgehead atoms. The first-order valence-corrected chi connectivity index (χ1v) is 22.9. The number of ether oxygens (including phenoxy) is 2. The van der Waals surface area contributed by atoms with Crippen LogP contribution in [0.2, 0.25) is 0 Å². The SMILES string of the molecule is CNc1cc(C(=O)C[C@@H](CCN)C(=O)N(C)[C@@H]2C(=O)C[C@@H](C)C(=O)N[C@H](C(=O)CCC#N)Cc3ccc(OCCN)c(c3)-c3cc2ccc3OCCN)c(C)nc1-c1ccc(C(C)(C)C)cc1. The van der Waals surface area contributed by atoms with Crippen LogP contribution in [0.5, 0.6) is 11.5 Å². The molecule has 15 heteroatoms. The van der Waals surface area contributed by atoms with Gasteiger partial charge in [-0.3, -0.25) is 29.0 Å². The zero-order valence-corrected chi connectivity index (χ0v) is 39.9. The van der Waals surface area contributed by atoms with E-state index in [2.05, 4.69) is 43.5 Å². The van der Waals surface area contributed by atoms with Crippen LogP contribution in [0.4, 0.5) is 5.69 Å². The molecule has 67 heavy (non-hydrogen) atoms. The minimum atomic E-state index is -1.24. The number of aromatic nitrogens is 1. The standard InChI is InChI=1S/C52H66N8O7/c1-31-25-45(63)49(60(7)51(65)36(18-20-54)29-44(62)38-30-42(57-6)48(58-32(38)2)34-11-14-37(15-12-34)52(3,4)5)35-13-17-47(67-24-22-56)40(28-35)39-26-33(10-16-46(39)66-23-21-55)27-41(59-50(31)64)43(61)9-8-19-53/h10-17,26,28,30-31,36,41,49,57H,8-9,18,20-25,27,29,54-56H2,1-7H3,(H,59,64)/t31-,36-,41+,49+/m1/s1. The number of aryl methyl sites for hydroxylation is 1. The number of fused-ring (bicyclic) bond motifs is 5. The number of nitrogens with zero attached hydrogens (tertiary/aromatic N) is 3. The predicted octanol–water partition coefficient (Wildman–Crippen LogP) is 5.98. The van der Waals surface area contributed by atoms with Crippen LogP contribution >= 0.6 is 0 Å². The number of carbonyl (C=O) groups excluding carboxylic acids is 5. The van der Waals surface area contributed by atoms with Crippen LogP contribution in [0.3, 0.4) is 0 Å². The van der Waals surface area contributed by atoms with Crippen LogP contribution in [-0.2, 0) is 31.0 Å². The zero-order chi connectivity index (χ0) is 49.0. The van der Waals surface area contributed by atoms with E-state index in [-0.39, 0.29) is 88.4 Å². The lowest BCUT2D eigenvalue weighted by atomic mass is 9.86. The number of hydrogen-bond donors (Lipinski definition) is 5. The molecule has 1 aromatic heterocycles. The highest BCUT2D eigenvalue weighted by Crippen LogP contribution is 2.41. The maximum absolute atomic E-state index is 14.9. The molecular formula is C52H66N8O7. The lowest BCUT2D eigenvalue weighted by Crippen LogP contribution is -2.46. The van der Waals surface area contributed by atoms with Crippen LogP contribution < -0.4 is 37.3 Å². The van der Waals surface area contributed by atoms with Gasteiger partial charge in [-0.25, -0.2) is 0 Å². The maximum Gasteiger partial charge on any atom is 0.226 e. The fourth-order valence-corrected chi connectivity index (χ4v) is 8.40. The van der Waals surface area contributed by atoms with Crippen molar-refractivity contribution in [2.45, 2.75) is 90.6 Å². The van der Waals surface area contributed by atoms with Crippen molar-refractivity contribution in [3.8, 4) is 40.0 Å². The van der Waals surface area contributed by atoms with Crippen molar-refractivity contribution in [1.29, 1.82) is 5.26 Å². The Morgan fingerprint density at radius 3 is 2.16 bits per heavy atom. The van der Waals surface area contributed by atoms with E-state index in [9.17, 15) is 29.2 Å². The zero-order valence-electron chi connectivity index (χ0n) is 39.9. The number of amides is 2. The first-order valence-electron chi connectivity index (χ1n) is 22.9. The predicted molar refractivity (Wildman–Crippen MR) is 260 cm³/mol. The second-order valence-corrected chi connectivity index (χ2v) is 18.2. The highest BCUT2D eigenvalue weighted by Gasteiger charge is 2.36. The molecule has 15 nitrogen and oxygen atoms in total. The molecule has 3 aromatic carbocycles. The van der Waals surface area contributed by atoms with Gasteiger partial charge in [0, 0.05) is 92.7 Å². The van der Waals surface area contributed by atoms with Crippen molar-refractivity contribution in [2.75, 3.05) is 52.3 Å². The molecule has 2 heterocycles. The van der Waals surface area contributed by atoms with E-state index >= 15 is 0 Å². The van der Waals surface area contributed by atoms with E-state index in [1.54, 1.807) is 57.3 Å². The second-order valence-electron chi connectivity index (χ2n) is 18.2. The Balaban J connectivity index is 1.58. The molecule has 2 amide bonds. The van der Waals surface area contributed by atoms with Crippen molar-refractivity contribution >= 4 is 34.9 Å². The summed E-state index contributed by atoms with van der Waals surface area (Å²) in [6.45, 7) is 10.7. The molecule has 5 rings (SSSR count). The number of nitriles is 1. The monoisotopic (exact) mass is 915 g/mol. The molecule has 0 aliphatic carbocycles. The van der Waals surface area contributed by atoms with Gasteiger partial charge >= 0.3 is 0 Å². The van der Waals surface area contributed by atoms with Gasteiger partial charge < -0.3 is 42.2 Å². The van der Waals surface area contributed by atoms with Gasteiger partial charge in [0.2, 0.25) is 11.8 Å². The Morgan fingerprint density at radius 1 is 0.925 bits per heavy atom. The summed E-state index contributed by atoms with van der Waals surface area (Å²) in [7, 11) is 3.27. The van der Waals surface area contributed by atoms with Crippen molar-refractivity contribution in [3.05, 3.63) is 94.7 Å². The van der Waals surface area contributed by atoms with E-state index in [4.69, 9.17) is 31.7 Å². The average Bonchev–Trinajstić information content (AvgIpc) is 3.30. The second kappa shape index (κ2) is 23.3. The molecule has 8 N–H and O–H groups in total. The smallest absolute Gasteiger partial charge is 0.226 e. The number of nitrogens with one attached hydrogen (secondary N) is 2. The number of anilines is 1. The Hall–Kier alpha value is -6.47. The minimum Gasteiger partial charge on any atom is -0.492 e. The van der Waals surface area contributed by atoms with Gasteiger partial charge in [-0.1, -0.05) is 64.1 Å². The maximum atomic E-state index is 14.9. The molecule has 0 fully saturated rings. The molecule has 1 aliphatic heterocycles. The highest BCUT2D eigenvalue weighted by atomic mass is 16.5. The first-order chi connectivity index (χ1) is 31.9. The Bertz CT molecular complexity index is 2480. The lowest BCUT2D eigenvalue weighted by molar-refractivity contribution is -0.142. The number of nitrogens with two attached hydrogens (primary N) is 3. The molecule has 0 saturated carbocycles. The Labute approximate surface area is 394 Å². The van der Waals surface area contributed by atoms with E-state index in [1.165, 1.54) is 17.5 Å². The normalized spacial score (nSPS) is 16.8. The van der Waals surface area contributed by atoms with Gasteiger partial charge in [-0.15, -0.1) is 0 Å². The van der Waals surface area contributed by atoms with Crippen molar-refractivity contribution < 1.29 is 33.4 Å². The fourth-order valence-electron chi connectivity index (χ4n) is 8.40. The van der Waals surface area contributed by atoms with Crippen LogP contribution in [0, 0.1) is 30.1 Å². The summed E-state index contributed by atoms with van der Waals surface area (Å²) in [6, 6.07) is 20.2. The van der Waals surface area contributed by atoms with Gasteiger partial charge in [0.25, 0.3) is 0 Å². The number of ketones is 3. The largest absolute Gasteiger partial charge is 0.492 e. The van der Waals surface area contributed by atoms with Crippen LogP contribution in [0.15, 0.2) is 66.7 Å². The van der Waals surface area contributed by atoms with E-state index < -0.39 is 41.5 Å². The third kappa shape index (κ3) is 12.7. The fraction of sp³-hybridized carbons (Fsp3) is 0.442. The summed E-state index contributed by atoms with van der Waals surface area (Å²) in [5, 5.41) is 15.3. The number of carbonyl (C=O) groups is 5. The summed E-state index contributed by atoms with van der Waals surface area (Å²) >= 11 is 0. The molecule has 0 unspecified atom stereocenters. The summed E-state index contributed by atoms with van der Waals surface area (Å²) in [4.78, 5) is 77.5. The summed E-state index contributed by atoms with van der Waals surface area (Å²) in [6.07, 6.45) is -0.375. The van der Waals surface area contributed by atoms with Crippen LogP contribution in [-0.4, -0.2) is 92.0 Å². The molecule has 356 valence electrons. The number of rotatable bonds is 18. The molecule has 4 atom stereocenters. The molecular weight excluding hydrogens is 849 g/mol. The summed E-state index contributed by atoms with van der Waals surface area (Å²) < 4.78 is 12.3. The van der Waals surface area contributed by atoms with E-state index in [1.807, 2.05) is 24.3 Å². The van der Waals surface area contributed by atoms with Gasteiger partial charge in [0.1, 0.15) is 30.8 Å². The average molecular weight is 915 g/mol. The number of benzene rings is 3. The summed E-state index contributed by atoms with van der Waals surface area (Å²) in [5.41, 5.74) is 24.2. The van der Waals surface area contributed by atoms with E-state index in [0.29, 0.717) is 56.4 Å². The van der Waals surface area contributed by atoms with Gasteiger partial charge in [0.15, 0.2) is 17.3 Å². The van der Waals surface area contributed by atoms with Crippen molar-refractivity contribution in [3.63, 3.8) is 0 Å². The van der Waals surface area contributed by atoms with Crippen molar-refractivity contribution in [2.24, 2.45) is 29.0 Å². The first kappa shape index (κ1) is 51.5. The molecule has 0 spiro atoms. The quantitative estimate of drug-likeness (QED) is 0.0722. The molecule has 0 radical (unpaired) electrons. The highest BCUT2D eigenvalue weighted by molar-refractivity contribution is 6.02.